The fourth-order valence-electron chi connectivity index (χ4n) is 4.45. The summed E-state index contributed by atoms with van der Waals surface area (Å²) in [6, 6.07) is 13.0. The third-order valence-corrected chi connectivity index (χ3v) is 6.34. The molecule has 30 heavy (non-hydrogen) atoms. The molecule has 1 saturated heterocycles. The van der Waals surface area contributed by atoms with Gasteiger partial charge in [0.15, 0.2) is 5.11 Å². The van der Waals surface area contributed by atoms with Gasteiger partial charge < -0.3 is 20.1 Å². The molecule has 0 saturated carbocycles. The summed E-state index contributed by atoms with van der Waals surface area (Å²) in [5, 5.41) is 6.93. The largest absolute Gasteiger partial charge is 0.352 e. The number of anilines is 1. The first-order chi connectivity index (χ1) is 14.5. The van der Waals surface area contributed by atoms with Crippen LogP contribution in [0.25, 0.3) is 0 Å². The molecule has 158 valence electrons. The third-order valence-electron chi connectivity index (χ3n) is 5.98. The number of nitrogens with zero attached hydrogens (tertiary/aromatic N) is 2. The molecule has 1 aromatic carbocycles. The molecule has 3 heterocycles. The number of nitrogens with one attached hydrogen (secondary N) is 2. The molecule has 0 aliphatic carbocycles. The number of fused-ring (bicyclic) bond motifs is 4. The van der Waals surface area contributed by atoms with Gasteiger partial charge in [-0.15, -0.1) is 0 Å². The van der Waals surface area contributed by atoms with Crippen molar-refractivity contribution >= 4 is 28.9 Å². The molecule has 2 aliphatic heterocycles. The number of rotatable bonds is 5. The maximum Gasteiger partial charge on any atom is 0.251 e. The third kappa shape index (κ3) is 4.41. The molecule has 1 aromatic heterocycles. The first kappa shape index (κ1) is 20.6. The van der Waals surface area contributed by atoms with E-state index in [1.165, 1.54) is 0 Å². The maximum atomic E-state index is 12.2. The van der Waals surface area contributed by atoms with Crippen LogP contribution < -0.4 is 16.2 Å². The number of hydrogen-bond acceptors (Lipinski definition) is 3. The van der Waals surface area contributed by atoms with Gasteiger partial charge in [0.25, 0.3) is 11.5 Å². The molecule has 7 heteroatoms. The van der Waals surface area contributed by atoms with E-state index >= 15 is 0 Å². The van der Waals surface area contributed by atoms with Gasteiger partial charge in [0, 0.05) is 55.1 Å². The monoisotopic (exact) mass is 424 g/mol. The van der Waals surface area contributed by atoms with E-state index in [0.717, 1.165) is 50.3 Å². The Morgan fingerprint density at radius 2 is 1.93 bits per heavy atom. The number of piperidine rings is 1. The predicted molar refractivity (Wildman–Crippen MR) is 123 cm³/mol. The highest BCUT2D eigenvalue weighted by Crippen LogP contribution is 2.35. The van der Waals surface area contributed by atoms with Crippen molar-refractivity contribution in [2.45, 2.75) is 38.6 Å². The van der Waals surface area contributed by atoms with Gasteiger partial charge in [-0.05, 0) is 61.3 Å². The molecular weight excluding hydrogens is 396 g/mol. The predicted octanol–water partition coefficient (Wildman–Crippen LogP) is 3.19. The minimum absolute atomic E-state index is 0.0460. The van der Waals surface area contributed by atoms with Crippen LogP contribution >= 0.6 is 12.2 Å². The summed E-state index contributed by atoms with van der Waals surface area (Å²) in [6.45, 7) is 5.22. The quantitative estimate of drug-likeness (QED) is 0.570. The molecule has 0 spiro atoms. The maximum absolute atomic E-state index is 12.2. The van der Waals surface area contributed by atoms with E-state index in [9.17, 15) is 9.59 Å². The van der Waals surface area contributed by atoms with Crippen molar-refractivity contribution in [3.63, 3.8) is 0 Å². The van der Waals surface area contributed by atoms with E-state index in [2.05, 4.69) is 28.5 Å². The van der Waals surface area contributed by atoms with Crippen molar-refractivity contribution in [3.8, 4) is 0 Å². The van der Waals surface area contributed by atoms with Crippen LogP contribution in [0.4, 0.5) is 5.69 Å². The average molecular weight is 425 g/mol. The van der Waals surface area contributed by atoms with Gasteiger partial charge in [-0.1, -0.05) is 19.4 Å². The Balaban J connectivity index is 1.38. The van der Waals surface area contributed by atoms with Crippen LogP contribution in [-0.4, -0.2) is 40.1 Å². The zero-order valence-corrected chi connectivity index (χ0v) is 18.1. The van der Waals surface area contributed by atoms with Crippen molar-refractivity contribution in [1.82, 2.24) is 14.8 Å². The summed E-state index contributed by atoms with van der Waals surface area (Å²) in [4.78, 5) is 26.5. The molecule has 0 unspecified atom stereocenters. The minimum Gasteiger partial charge on any atom is -0.352 e. The van der Waals surface area contributed by atoms with E-state index in [4.69, 9.17) is 12.2 Å². The van der Waals surface area contributed by atoms with Crippen molar-refractivity contribution in [2.24, 2.45) is 5.92 Å². The van der Waals surface area contributed by atoms with Crippen LogP contribution in [0.15, 0.2) is 47.3 Å². The second-order valence-corrected chi connectivity index (χ2v) is 8.61. The lowest BCUT2D eigenvalue weighted by Gasteiger charge is -2.43. The molecule has 2 aromatic rings. The SMILES string of the molecule is CCCCNC(=O)c1ccc(NC(=S)N2C[C@H]3C[C@@H](C2)c2cccc(=O)n2C3)cc1. The minimum atomic E-state index is -0.0460. The van der Waals surface area contributed by atoms with Gasteiger partial charge in [0.2, 0.25) is 0 Å². The summed E-state index contributed by atoms with van der Waals surface area (Å²) in [6.07, 6.45) is 3.14. The van der Waals surface area contributed by atoms with Crippen molar-refractivity contribution in [3.05, 3.63) is 64.1 Å². The topological polar surface area (TPSA) is 66.4 Å². The Morgan fingerprint density at radius 1 is 1.13 bits per heavy atom. The van der Waals surface area contributed by atoms with Gasteiger partial charge in [-0.25, -0.2) is 0 Å². The highest BCUT2D eigenvalue weighted by atomic mass is 32.1. The number of carbonyl (C=O) groups excluding carboxylic acids is 1. The summed E-state index contributed by atoms with van der Waals surface area (Å²) >= 11 is 5.68. The molecule has 6 nitrogen and oxygen atoms in total. The van der Waals surface area contributed by atoms with Gasteiger partial charge in [-0.2, -0.15) is 0 Å². The van der Waals surface area contributed by atoms with E-state index in [0.29, 0.717) is 29.1 Å². The molecule has 2 atom stereocenters. The van der Waals surface area contributed by atoms with Crippen molar-refractivity contribution < 1.29 is 4.79 Å². The summed E-state index contributed by atoms with van der Waals surface area (Å²) in [7, 11) is 0. The molecular formula is C23H28N4O2S. The summed E-state index contributed by atoms with van der Waals surface area (Å²) in [5.41, 5.74) is 2.73. The van der Waals surface area contributed by atoms with Crippen LogP contribution in [0.2, 0.25) is 0 Å². The van der Waals surface area contributed by atoms with Crippen LogP contribution in [0, 0.1) is 5.92 Å². The number of pyridine rings is 1. The van der Waals surface area contributed by atoms with Crippen LogP contribution in [0.3, 0.4) is 0 Å². The molecule has 2 aliphatic rings. The molecule has 1 fully saturated rings. The van der Waals surface area contributed by atoms with Crippen molar-refractivity contribution in [2.75, 3.05) is 25.0 Å². The molecule has 4 rings (SSSR count). The lowest BCUT2D eigenvalue weighted by atomic mass is 9.83. The van der Waals surface area contributed by atoms with Crippen LogP contribution in [0.5, 0.6) is 0 Å². The Kier molecular flexibility index (Phi) is 6.18. The smallest absolute Gasteiger partial charge is 0.251 e. The fraction of sp³-hybridized carbons (Fsp3) is 0.435. The van der Waals surface area contributed by atoms with Crippen LogP contribution in [0.1, 0.15) is 48.2 Å². The zero-order valence-electron chi connectivity index (χ0n) is 17.3. The first-order valence-electron chi connectivity index (χ1n) is 10.7. The summed E-state index contributed by atoms with van der Waals surface area (Å²) in [5.74, 6) is 0.695. The molecule has 2 bridgehead atoms. The standard InChI is InChI=1S/C23H28N4O2S/c1-2-3-11-24-22(29)17-7-9-19(10-8-17)25-23(30)26-13-16-12-18(15-26)20-5-4-6-21(28)27(20)14-16/h4-10,16,18H,2-3,11-15H2,1H3,(H,24,29)(H,25,30)/t16-,18+/m1/s1. The molecule has 2 N–H and O–H groups in total. The number of thiocarbonyl (C=S) groups is 1. The number of aromatic nitrogens is 1. The lowest BCUT2D eigenvalue weighted by molar-refractivity contribution is 0.0953. The van der Waals surface area contributed by atoms with Crippen LogP contribution in [-0.2, 0) is 6.54 Å². The highest BCUT2D eigenvalue weighted by molar-refractivity contribution is 7.80. The number of benzene rings is 1. The first-order valence-corrected chi connectivity index (χ1v) is 11.1. The number of hydrogen-bond donors (Lipinski definition) is 2. The normalized spacial score (nSPS) is 19.7. The van der Waals surface area contributed by atoms with E-state index < -0.39 is 0 Å². The Bertz CT molecular complexity index is 985. The Labute approximate surface area is 182 Å². The van der Waals surface area contributed by atoms with E-state index in [1.807, 2.05) is 34.9 Å². The highest BCUT2D eigenvalue weighted by Gasteiger charge is 2.35. The molecule has 0 radical (unpaired) electrons. The number of unbranched alkanes of at least 4 members (excludes halogenated alkanes) is 1. The Morgan fingerprint density at radius 3 is 2.70 bits per heavy atom. The summed E-state index contributed by atoms with van der Waals surface area (Å²) < 4.78 is 1.93. The second kappa shape index (κ2) is 9.00. The Hall–Kier alpha value is -2.67. The van der Waals surface area contributed by atoms with E-state index in [1.54, 1.807) is 6.07 Å². The van der Waals surface area contributed by atoms with Gasteiger partial charge >= 0.3 is 0 Å². The van der Waals surface area contributed by atoms with Crippen molar-refractivity contribution in [1.29, 1.82) is 0 Å². The molecule has 1 amide bonds. The number of carbonyl (C=O) groups is 1. The number of likely N-dealkylation sites (tertiary alicyclic amines) is 1. The van der Waals surface area contributed by atoms with Gasteiger partial charge in [0.1, 0.15) is 0 Å². The average Bonchev–Trinajstić information content (AvgIpc) is 2.75. The number of amides is 1. The fourth-order valence-corrected chi connectivity index (χ4v) is 4.72. The lowest BCUT2D eigenvalue weighted by Crippen LogP contribution is -2.50. The second-order valence-electron chi connectivity index (χ2n) is 8.22. The zero-order chi connectivity index (χ0) is 21.1. The van der Waals surface area contributed by atoms with Gasteiger partial charge in [-0.3, -0.25) is 9.59 Å². The van der Waals surface area contributed by atoms with Gasteiger partial charge in [0.05, 0.1) is 0 Å². The van der Waals surface area contributed by atoms with E-state index in [-0.39, 0.29) is 11.5 Å².